The highest BCUT2D eigenvalue weighted by Gasteiger charge is 2.31. The summed E-state index contributed by atoms with van der Waals surface area (Å²) >= 11 is 0. The average molecular weight is 398 g/mol. The Labute approximate surface area is 170 Å². The van der Waals surface area contributed by atoms with E-state index in [1.807, 2.05) is 31.2 Å². The fraction of sp³-hybridized carbons (Fsp3) is 0.409. The van der Waals surface area contributed by atoms with Crippen LogP contribution in [0.25, 0.3) is 0 Å². The van der Waals surface area contributed by atoms with Crippen molar-refractivity contribution in [2.75, 3.05) is 11.5 Å². The van der Waals surface area contributed by atoms with Gasteiger partial charge in [-0.15, -0.1) is 0 Å². The lowest BCUT2D eigenvalue weighted by molar-refractivity contribution is -0.150. The summed E-state index contributed by atoms with van der Waals surface area (Å²) in [6.07, 6.45) is 3.15. The molecular formula is C22H26N2O5. The van der Waals surface area contributed by atoms with Gasteiger partial charge in [0.1, 0.15) is 6.04 Å². The molecule has 7 heteroatoms. The van der Waals surface area contributed by atoms with Gasteiger partial charge in [0.15, 0.2) is 12.4 Å². The van der Waals surface area contributed by atoms with Crippen LogP contribution in [-0.4, -0.2) is 36.5 Å². The molecule has 0 saturated heterocycles. The maximum absolute atomic E-state index is 12.8. The number of rotatable bonds is 6. The van der Waals surface area contributed by atoms with Gasteiger partial charge in [0.25, 0.3) is 11.8 Å². The molecule has 1 N–H and O–H groups in total. The van der Waals surface area contributed by atoms with Gasteiger partial charge in [-0.3, -0.25) is 9.59 Å². The molecule has 0 fully saturated rings. The zero-order chi connectivity index (χ0) is 21.0. The molecule has 1 aromatic heterocycles. The van der Waals surface area contributed by atoms with Gasteiger partial charge in [-0.05, 0) is 49.4 Å². The Balaban J connectivity index is 1.64. The largest absolute Gasteiger partial charge is 0.459 e. The first-order chi connectivity index (χ1) is 13.9. The van der Waals surface area contributed by atoms with Crippen LogP contribution in [0.1, 0.15) is 43.3 Å². The Morgan fingerprint density at radius 2 is 1.97 bits per heavy atom. The number of benzene rings is 1. The standard InChI is InChI=1S/C22H26N2O5/c1-14(2)20(23-21(26)18-9-6-12-28-18)22(27)29-13-19(25)24-15(3)10-11-16-7-4-5-8-17(16)24/h4-9,12,14-15,20H,10-11,13H2,1-3H3,(H,23,26)/t15-,20+/m1/s1. The summed E-state index contributed by atoms with van der Waals surface area (Å²) in [5.41, 5.74) is 1.97. The first-order valence-electron chi connectivity index (χ1n) is 9.79. The van der Waals surface area contributed by atoms with Crippen molar-refractivity contribution in [3.63, 3.8) is 0 Å². The van der Waals surface area contributed by atoms with E-state index in [9.17, 15) is 14.4 Å². The molecule has 0 radical (unpaired) electrons. The van der Waals surface area contributed by atoms with Crippen molar-refractivity contribution in [2.24, 2.45) is 5.92 Å². The van der Waals surface area contributed by atoms with Crippen molar-refractivity contribution in [1.82, 2.24) is 5.32 Å². The topological polar surface area (TPSA) is 88.9 Å². The number of fused-ring (bicyclic) bond motifs is 1. The predicted octanol–water partition coefficient (Wildman–Crippen LogP) is 2.95. The van der Waals surface area contributed by atoms with Gasteiger partial charge in [-0.2, -0.15) is 0 Å². The molecule has 0 spiro atoms. The van der Waals surface area contributed by atoms with Crippen LogP contribution in [-0.2, 0) is 20.7 Å². The number of carbonyl (C=O) groups excluding carboxylic acids is 3. The van der Waals surface area contributed by atoms with Crippen molar-refractivity contribution in [1.29, 1.82) is 0 Å². The second-order valence-corrected chi connectivity index (χ2v) is 7.56. The number of hydrogen-bond donors (Lipinski definition) is 1. The summed E-state index contributed by atoms with van der Waals surface area (Å²) in [4.78, 5) is 39.3. The lowest BCUT2D eigenvalue weighted by Crippen LogP contribution is -2.48. The second-order valence-electron chi connectivity index (χ2n) is 7.56. The second kappa shape index (κ2) is 8.94. The normalized spacial score (nSPS) is 16.8. The molecule has 2 atom stereocenters. The summed E-state index contributed by atoms with van der Waals surface area (Å²) in [5.74, 6) is -1.54. The Hall–Kier alpha value is -3.09. The minimum absolute atomic E-state index is 0.0238. The van der Waals surface area contributed by atoms with Gasteiger partial charge in [0.05, 0.1) is 6.26 Å². The van der Waals surface area contributed by atoms with Crippen LogP contribution in [0.15, 0.2) is 47.1 Å². The monoisotopic (exact) mass is 398 g/mol. The smallest absolute Gasteiger partial charge is 0.329 e. The van der Waals surface area contributed by atoms with E-state index in [1.54, 1.807) is 24.8 Å². The number of anilines is 1. The van der Waals surface area contributed by atoms with E-state index in [1.165, 1.54) is 12.3 Å². The highest BCUT2D eigenvalue weighted by atomic mass is 16.5. The molecule has 2 heterocycles. The molecule has 0 saturated carbocycles. The Kier molecular flexibility index (Phi) is 6.36. The fourth-order valence-corrected chi connectivity index (χ4v) is 3.48. The molecule has 2 amide bonds. The Bertz CT molecular complexity index is 875. The van der Waals surface area contributed by atoms with Crippen molar-refractivity contribution < 1.29 is 23.5 Å². The third kappa shape index (κ3) is 4.67. The van der Waals surface area contributed by atoms with Crippen molar-refractivity contribution >= 4 is 23.5 Å². The first kappa shape index (κ1) is 20.6. The van der Waals surface area contributed by atoms with Crippen LogP contribution in [0.3, 0.4) is 0 Å². The number of furan rings is 1. The van der Waals surface area contributed by atoms with Gasteiger partial charge in [0.2, 0.25) is 0 Å². The van der Waals surface area contributed by atoms with E-state index in [0.717, 1.165) is 24.1 Å². The van der Waals surface area contributed by atoms with Gasteiger partial charge in [-0.1, -0.05) is 32.0 Å². The first-order valence-corrected chi connectivity index (χ1v) is 9.79. The minimum atomic E-state index is -0.883. The molecular weight excluding hydrogens is 372 g/mol. The van der Waals surface area contributed by atoms with E-state index < -0.39 is 17.9 Å². The number of aryl methyl sites for hydroxylation is 1. The van der Waals surface area contributed by atoms with Gasteiger partial charge in [-0.25, -0.2) is 4.79 Å². The van der Waals surface area contributed by atoms with Gasteiger partial charge < -0.3 is 19.4 Å². The minimum Gasteiger partial charge on any atom is -0.459 e. The quantitative estimate of drug-likeness (QED) is 0.756. The van der Waals surface area contributed by atoms with Crippen molar-refractivity contribution in [3.8, 4) is 0 Å². The summed E-state index contributed by atoms with van der Waals surface area (Å²) in [6.45, 7) is 5.19. The number of carbonyl (C=O) groups is 3. The number of ether oxygens (including phenoxy) is 1. The van der Waals surface area contributed by atoms with E-state index >= 15 is 0 Å². The summed E-state index contributed by atoms with van der Waals surface area (Å²) in [6, 6.07) is 10.00. The van der Waals surface area contributed by atoms with Crippen LogP contribution < -0.4 is 10.2 Å². The number of nitrogens with zero attached hydrogens (tertiary/aromatic N) is 1. The van der Waals surface area contributed by atoms with E-state index in [2.05, 4.69) is 5.32 Å². The highest BCUT2D eigenvalue weighted by molar-refractivity contribution is 5.98. The molecule has 2 aromatic rings. The predicted molar refractivity (Wildman–Crippen MR) is 107 cm³/mol. The fourth-order valence-electron chi connectivity index (χ4n) is 3.48. The zero-order valence-corrected chi connectivity index (χ0v) is 16.9. The van der Waals surface area contributed by atoms with Crippen LogP contribution >= 0.6 is 0 Å². The van der Waals surface area contributed by atoms with E-state index in [4.69, 9.17) is 9.15 Å². The third-order valence-electron chi connectivity index (χ3n) is 5.08. The highest BCUT2D eigenvalue weighted by Crippen LogP contribution is 2.30. The molecule has 1 aliphatic heterocycles. The number of nitrogens with one attached hydrogen (secondary N) is 1. The van der Waals surface area contributed by atoms with Crippen LogP contribution in [0.2, 0.25) is 0 Å². The Morgan fingerprint density at radius 3 is 2.66 bits per heavy atom. The number of amides is 2. The summed E-state index contributed by atoms with van der Waals surface area (Å²) in [7, 11) is 0. The van der Waals surface area contributed by atoms with Crippen molar-refractivity contribution in [3.05, 3.63) is 54.0 Å². The SMILES string of the molecule is CC(C)[C@H](NC(=O)c1ccco1)C(=O)OCC(=O)N1c2ccccc2CC[C@H]1C. The van der Waals surface area contributed by atoms with Gasteiger partial charge >= 0.3 is 5.97 Å². The van der Waals surface area contributed by atoms with E-state index in [0.29, 0.717) is 0 Å². The Morgan fingerprint density at radius 1 is 1.21 bits per heavy atom. The molecule has 0 bridgehead atoms. The van der Waals surface area contributed by atoms with E-state index in [-0.39, 0.29) is 30.2 Å². The molecule has 0 unspecified atom stereocenters. The molecule has 0 aliphatic carbocycles. The zero-order valence-electron chi connectivity index (χ0n) is 16.9. The number of para-hydroxylation sites is 1. The average Bonchev–Trinajstić information content (AvgIpc) is 3.24. The molecule has 1 aromatic carbocycles. The number of hydrogen-bond acceptors (Lipinski definition) is 5. The number of esters is 1. The van der Waals surface area contributed by atoms with Crippen molar-refractivity contribution in [2.45, 2.75) is 45.7 Å². The molecule has 29 heavy (non-hydrogen) atoms. The lowest BCUT2D eigenvalue weighted by Gasteiger charge is -2.35. The lowest BCUT2D eigenvalue weighted by atomic mass is 9.96. The maximum atomic E-state index is 12.8. The third-order valence-corrected chi connectivity index (χ3v) is 5.08. The summed E-state index contributed by atoms with van der Waals surface area (Å²) in [5, 5.41) is 2.61. The molecule has 1 aliphatic rings. The maximum Gasteiger partial charge on any atom is 0.329 e. The molecule has 7 nitrogen and oxygen atoms in total. The van der Waals surface area contributed by atoms with Crippen LogP contribution in [0.5, 0.6) is 0 Å². The molecule has 154 valence electrons. The van der Waals surface area contributed by atoms with Crippen LogP contribution in [0, 0.1) is 5.92 Å². The molecule has 3 rings (SSSR count). The van der Waals surface area contributed by atoms with Crippen LogP contribution in [0.4, 0.5) is 5.69 Å². The van der Waals surface area contributed by atoms with Gasteiger partial charge in [0, 0.05) is 11.7 Å². The summed E-state index contributed by atoms with van der Waals surface area (Å²) < 4.78 is 10.3.